The zero-order valence-electron chi connectivity index (χ0n) is 12.9. The highest BCUT2D eigenvalue weighted by Gasteiger charge is 2.38. The van der Waals surface area contributed by atoms with Gasteiger partial charge in [0.05, 0.1) is 16.1 Å². The number of amides is 2. The Bertz CT molecular complexity index is 880. The van der Waals surface area contributed by atoms with E-state index in [-0.39, 0.29) is 22.2 Å². The zero-order chi connectivity index (χ0) is 17.6. The van der Waals surface area contributed by atoms with E-state index in [0.717, 1.165) is 12.1 Å². The minimum Gasteiger partial charge on any atom is -0.506 e. The van der Waals surface area contributed by atoms with Crippen LogP contribution in [0.5, 0.6) is 5.75 Å². The number of phenolic OH excluding ortho intramolecular Hbond substituents is 1. The lowest BCUT2D eigenvalue weighted by molar-refractivity contribution is -0.119. The second-order valence-corrected chi connectivity index (χ2v) is 6.48. The second-order valence-electron chi connectivity index (χ2n) is 6.08. The van der Waals surface area contributed by atoms with E-state index < -0.39 is 22.9 Å². The van der Waals surface area contributed by atoms with Gasteiger partial charge in [-0.25, -0.2) is 4.39 Å². The Kier molecular flexibility index (Phi) is 3.72. The van der Waals surface area contributed by atoms with Crippen LogP contribution in [0.15, 0.2) is 30.3 Å². The third-order valence-corrected chi connectivity index (χ3v) is 4.36. The summed E-state index contributed by atoms with van der Waals surface area (Å²) in [5.41, 5.74) is 0.738. The lowest BCUT2D eigenvalue weighted by atomic mass is 9.85. The number of nitrogens with one attached hydrogen (secondary N) is 2. The summed E-state index contributed by atoms with van der Waals surface area (Å²) in [6.07, 6.45) is 0. The predicted octanol–water partition coefficient (Wildman–Crippen LogP) is 3.67. The molecule has 0 unspecified atom stereocenters. The van der Waals surface area contributed by atoms with Crippen molar-refractivity contribution in [2.24, 2.45) is 0 Å². The molecule has 0 radical (unpaired) electrons. The maximum Gasteiger partial charge on any atom is 0.255 e. The van der Waals surface area contributed by atoms with Gasteiger partial charge in [-0.1, -0.05) is 11.6 Å². The van der Waals surface area contributed by atoms with Crippen LogP contribution in [0.25, 0.3) is 0 Å². The summed E-state index contributed by atoms with van der Waals surface area (Å²) in [6, 6.07) is 6.73. The van der Waals surface area contributed by atoms with Crippen molar-refractivity contribution in [1.29, 1.82) is 0 Å². The first-order valence-corrected chi connectivity index (χ1v) is 7.53. The van der Waals surface area contributed by atoms with Gasteiger partial charge in [0, 0.05) is 17.3 Å². The topological polar surface area (TPSA) is 78.4 Å². The van der Waals surface area contributed by atoms with Gasteiger partial charge in [-0.15, -0.1) is 0 Å². The fourth-order valence-corrected chi connectivity index (χ4v) is 2.70. The van der Waals surface area contributed by atoms with E-state index in [2.05, 4.69) is 10.6 Å². The van der Waals surface area contributed by atoms with Gasteiger partial charge in [-0.3, -0.25) is 9.59 Å². The number of hydrogen-bond donors (Lipinski definition) is 3. The van der Waals surface area contributed by atoms with Crippen LogP contribution in [0.1, 0.15) is 29.8 Å². The van der Waals surface area contributed by atoms with Crippen LogP contribution in [0.4, 0.5) is 15.8 Å². The van der Waals surface area contributed by atoms with Crippen LogP contribution in [-0.2, 0) is 10.2 Å². The normalized spacial score (nSPS) is 14.9. The van der Waals surface area contributed by atoms with E-state index in [9.17, 15) is 19.1 Å². The molecule has 0 saturated carbocycles. The highest BCUT2D eigenvalue weighted by atomic mass is 35.5. The molecule has 0 atom stereocenters. The summed E-state index contributed by atoms with van der Waals surface area (Å²) in [7, 11) is 0. The Morgan fingerprint density at radius 1 is 1.29 bits per heavy atom. The molecule has 3 N–H and O–H groups in total. The van der Waals surface area contributed by atoms with Gasteiger partial charge in [-0.2, -0.15) is 0 Å². The van der Waals surface area contributed by atoms with Crippen LogP contribution >= 0.6 is 11.6 Å². The molecule has 0 aliphatic carbocycles. The summed E-state index contributed by atoms with van der Waals surface area (Å²) in [5, 5.41) is 14.4. The largest absolute Gasteiger partial charge is 0.506 e. The Labute approximate surface area is 142 Å². The van der Waals surface area contributed by atoms with Crippen LogP contribution in [0.2, 0.25) is 5.02 Å². The molecule has 5 nitrogen and oxygen atoms in total. The van der Waals surface area contributed by atoms with Gasteiger partial charge in [-0.05, 0) is 43.7 Å². The molecule has 3 rings (SSSR count). The summed E-state index contributed by atoms with van der Waals surface area (Å²) in [4.78, 5) is 24.3. The predicted molar refractivity (Wildman–Crippen MR) is 89.1 cm³/mol. The highest BCUT2D eigenvalue weighted by Crippen LogP contribution is 2.38. The van der Waals surface area contributed by atoms with E-state index in [1.165, 1.54) is 6.07 Å². The van der Waals surface area contributed by atoms with E-state index in [4.69, 9.17) is 11.6 Å². The van der Waals surface area contributed by atoms with Crippen LogP contribution < -0.4 is 10.6 Å². The molecule has 0 bridgehead atoms. The average molecular weight is 349 g/mol. The Morgan fingerprint density at radius 3 is 2.71 bits per heavy atom. The fraction of sp³-hybridized carbons (Fsp3) is 0.176. The molecule has 124 valence electrons. The molecule has 1 heterocycles. The monoisotopic (exact) mass is 348 g/mol. The van der Waals surface area contributed by atoms with Gasteiger partial charge < -0.3 is 15.7 Å². The average Bonchev–Trinajstić information content (AvgIpc) is 2.74. The number of carbonyl (C=O) groups excluding carboxylic acids is 2. The van der Waals surface area contributed by atoms with Crippen molar-refractivity contribution in [2.45, 2.75) is 19.3 Å². The molecule has 1 aliphatic rings. The number of phenols is 1. The number of carbonyl (C=O) groups is 2. The summed E-state index contributed by atoms with van der Waals surface area (Å²) >= 11 is 5.73. The number of rotatable bonds is 2. The Balaban J connectivity index is 1.92. The molecule has 0 spiro atoms. The van der Waals surface area contributed by atoms with Crippen molar-refractivity contribution < 1.29 is 19.1 Å². The molecule has 2 aromatic rings. The number of hydrogen-bond acceptors (Lipinski definition) is 3. The smallest absolute Gasteiger partial charge is 0.255 e. The number of anilines is 2. The zero-order valence-corrected chi connectivity index (χ0v) is 13.7. The Hall–Kier alpha value is -2.60. The number of aromatic hydroxyl groups is 1. The highest BCUT2D eigenvalue weighted by molar-refractivity contribution is 6.32. The molecular formula is C17H14ClFN2O3. The van der Waals surface area contributed by atoms with Gasteiger partial charge in [0.15, 0.2) is 5.82 Å². The van der Waals surface area contributed by atoms with E-state index >= 15 is 0 Å². The van der Waals surface area contributed by atoms with Crippen LogP contribution in [-0.4, -0.2) is 16.9 Å². The third-order valence-electron chi connectivity index (χ3n) is 4.06. The Morgan fingerprint density at radius 2 is 2.00 bits per heavy atom. The van der Waals surface area contributed by atoms with Crippen molar-refractivity contribution in [3.8, 4) is 5.75 Å². The lowest BCUT2D eigenvalue weighted by Gasteiger charge is -2.16. The van der Waals surface area contributed by atoms with E-state index in [1.54, 1.807) is 26.0 Å². The summed E-state index contributed by atoms with van der Waals surface area (Å²) in [5.74, 6) is -1.90. The number of benzene rings is 2. The standard InChI is InChI=1S/C17H14ClFN2O3/c1-17(2)9-5-8(3-4-12(9)21-16(17)24)15(23)20-13-6-10(18)14(22)7-11(13)19/h3-7,22H,1-2H3,(H,20,23)(H,21,24). The molecule has 24 heavy (non-hydrogen) atoms. The maximum absolute atomic E-state index is 13.8. The van der Waals surface area contributed by atoms with Crippen LogP contribution in [0, 0.1) is 5.82 Å². The third kappa shape index (κ3) is 2.59. The summed E-state index contributed by atoms with van der Waals surface area (Å²) in [6.45, 7) is 3.52. The first-order valence-electron chi connectivity index (χ1n) is 7.15. The molecule has 0 aromatic heterocycles. The SMILES string of the molecule is CC1(C)C(=O)Nc2ccc(C(=O)Nc3cc(Cl)c(O)cc3F)cc21. The minimum absolute atomic E-state index is 0.0726. The molecule has 2 aromatic carbocycles. The molecule has 0 fully saturated rings. The van der Waals surface area contributed by atoms with Gasteiger partial charge in [0.2, 0.25) is 5.91 Å². The first-order chi connectivity index (χ1) is 11.2. The molecule has 7 heteroatoms. The minimum atomic E-state index is -0.802. The second kappa shape index (κ2) is 5.49. The molecule has 0 saturated heterocycles. The van der Waals surface area contributed by atoms with E-state index in [1.807, 2.05) is 0 Å². The van der Waals surface area contributed by atoms with Crippen molar-refractivity contribution in [2.75, 3.05) is 10.6 Å². The van der Waals surface area contributed by atoms with Gasteiger partial charge in [0.25, 0.3) is 5.91 Å². The maximum atomic E-state index is 13.8. The molecular weight excluding hydrogens is 335 g/mol. The first kappa shape index (κ1) is 16.3. The van der Waals surface area contributed by atoms with Crippen molar-refractivity contribution in [3.63, 3.8) is 0 Å². The van der Waals surface area contributed by atoms with E-state index in [0.29, 0.717) is 11.3 Å². The van der Waals surface area contributed by atoms with Crippen molar-refractivity contribution >= 4 is 34.8 Å². The quantitative estimate of drug-likeness (QED) is 0.725. The van der Waals surface area contributed by atoms with Crippen molar-refractivity contribution in [1.82, 2.24) is 0 Å². The fourth-order valence-electron chi connectivity index (χ4n) is 2.54. The molecule has 1 aliphatic heterocycles. The van der Waals surface area contributed by atoms with Gasteiger partial charge >= 0.3 is 0 Å². The number of halogens is 2. The van der Waals surface area contributed by atoms with Crippen LogP contribution in [0.3, 0.4) is 0 Å². The van der Waals surface area contributed by atoms with Gasteiger partial charge in [0.1, 0.15) is 5.75 Å². The number of fused-ring (bicyclic) bond motifs is 1. The molecule has 2 amide bonds. The van der Waals surface area contributed by atoms with Crippen molar-refractivity contribution in [3.05, 3.63) is 52.3 Å². The lowest BCUT2D eigenvalue weighted by Crippen LogP contribution is -2.27. The summed E-state index contributed by atoms with van der Waals surface area (Å²) < 4.78 is 13.8.